The summed E-state index contributed by atoms with van der Waals surface area (Å²) in [4.78, 5) is 0. The maximum atomic E-state index is 3.51. The molecule has 0 fully saturated rings. The Bertz CT molecular complexity index is 414. The van der Waals surface area contributed by atoms with Crippen LogP contribution in [0.3, 0.4) is 0 Å². The summed E-state index contributed by atoms with van der Waals surface area (Å²) in [5.74, 6) is 0.580. The molecule has 0 saturated heterocycles. The topological polar surface area (TPSA) is 12.0 Å². The molecule has 0 aromatic heterocycles. The Balaban J connectivity index is 2.96. The van der Waals surface area contributed by atoms with Crippen LogP contribution in [0.5, 0.6) is 0 Å². The molecule has 0 amide bonds. The lowest BCUT2D eigenvalue weighted by Gasteiger charge is -2.16. The van der Waals surface area contributed by atoms with E-state index >= 15 is 0 Å². The van der Waals surface area contributed by atoms with Crippen LogP contribution in [0, 0.1) is 19.8 Å². The summed E-state index contributed by atoms with van der Waals surface area (Å²) >= 11 is 0. The van der Waals surface area contributed by atoms with Crippen molar-refractivity contribution in [3.8, 4) is 0 Å². The van der Waals surface area contributed by atoms with Crippen LogP contribution in [-0.2, 0) is 0 Å². The highest BCUT2D eigenvalue weighted by molar-refractivity contribution is 5.58. The molecule has 1 rings (SSSR count). The Hall–Kier alpha value is -1.08. The molecule has 1 N–H and O–H groups in total. The second-order valence-corrected chi connectivity index (χ2v) is 5.77. The van der Waals surface area contributed by atoms with Crippen LogP contribution in [0.2, 0.25) is 0 Å². The highest BCUT2D eigenvalue weighted by Gasteiger charge is 2.05. The van der Waals surface area contributed by atoms with Crippen LogP contribution in [0.1, 0.15) is 44.4 Å². The largest absolute Gasteiger partial charge is 0.311 e. The normalized spacial score (nSPS) is 12.6. The molecule has 18 heavy (non-hydrogen) atoms. The minimum absolute atomic E-state index is 0.533. The average molecular weight is 245 g/mol. The summed E-state index contributed by atoms with van der Waals surface area (Å²) in [6.07, 6.45) is 2.35. The summed E-state index contributed by atoms with van der Waals surface area (Å²) < 4.78 is 0. The van der Waals surface area contributed by atoms with Gasteiger partial charge in [-0.05, 0) is 30.9 Å². The first-order valence-electron chi connectivity index (χ1n) is 6.91. The molecule has 0 saturated carbocycles. The molecule has 1 heteroatoms. The number of hydrogen-bond acceptors (Lipinski definition) is 1. The summed E-state index contributed by atoms with van der Waals surface area (Å²) in [7, 11) is 0. The molecule has 0 radical (unpaired) electrons. The van der Waals surface area contributed by atoms with E-state index in [4.69, 9.17) is 0 Å². The molecule has 0 aliphatic rings. The first kappa shape index (κ1) is 15.0. The van der Waals surface area contributed by atoms with Crippen LogP contribution in [-0.4, -0.2) is 12.6 Å². The van der Waals surface area contributed by atoms with Crippen molar-refractivity contribution in [2.45, 2.75) is 47.6 Å². The van der Waals surface area contributed by atoms with Gasteiger partial charge in [-0.25, -0.2) is 0 Å². The Morgan fingerprint density at radius 2 is 1.83 bits per heavy atom. The number of hydrogen-bond donors (Lipinski definition) is 1. The summed E-state index contributed by atoms with van der Waals surface area (Å²) in [6.45, 7) is 14.2. The maximum Gasteiger partial charge on any atom is 0.0172 e. The van der Waals surface area contributed by atoms with Crippen molar-refractivity contribution in [3.05, 3.63) is 40.5 Å². The second kappa shape index (κ2) is 6.75. The monoisotopic (exact) mass is 245 g/mol. The SMILES string of the molecule is Cc1ccc(C)c(C=C(CNC(C)C)C(C)C)c1. The second-order valence-electron chi connectivity index (χ2n) is 5.77. The van der Waals surface area contributed by atoms with Gasteiger partial charge in [0.05, 0.1) is 0 Å². The molecule has 0 heterocycles. The minimum Gasteiger partial charge on any atom is -0.311 e. The van der Waals surface area contributed by atoms with Crippen LogP contribution in [0.15, 0.2) is 23.8 Å². The Kier molecular flexibility index (Phi) is 5.61. The van der Waals surface area contributed by atoms with Gasteiger partial charge in [0.25, 0.3) is 0 Å². The zero-order valence-electron chi connectivity index (χ0n) is 12.7. The summed E-state index contributed by atoms with van der Waals surface area (Å²) in [6, 6.07) is 7.18. The van der Waals surface area contributed by atoms with E-state index < -0.39 is 0 Å². The molecule has 100 valence electrons. The molecule has 0 aliphatic heterocycles. The van der Waals surface area contributed by atoms with Crippen LogP contribution < -0.4 is 5.32 Å². The van der Waals surface area contributed by atoms with Gasteiger partial charge in [-0.1, -0.05) is 63.1 Å². The smallest absolute Gasteiger partial charge is 0.0172 e. The van der Waals surface area contributed by atoms with Crippen molar-refractivity contribution in [2.24, 2.45) is 5.92 Å². The van der Waals surface area contributed by atoms with Crippen molar-refractivity contribution >= 4 is 6.08 Å². The summed E-state index contributed by atoms with van der Waals surface area (Å²) in [5, 5.41) is 3.51. The third-order valence-corrected chi connectivity index (χ3v) is 3.23. The van der Waals surface area contributed by atoms with Crippen molar-refractivity contribution in [2.75, 3.05) is 6.54 Å². The molecule has 0 bridgehead atoms. The van der Waals surface area contributed by atoms with Crippen molar-refractivity contribution in [3.63, 3.8) is 0 Å². The molecule has 0 aliphatic carbocycles. The molecule has 0 unspecified atom stereocenters. The first-order chi connectivity index (χ1) is 8.40. The van der Waals surface area contributed by atoms with E-state index in [1.165, 1.54) is 22.3 Å². The quantitative estimate of drug-likeness (QED) is 0.813. The fourth-order valence-electron chi connectivity index (χ4n) is 1.86. The molecule has 1 aromatic rings. The van der Waals surface area contributed by atoms with Crippen LogP contribution >= 0.6 is 0 Å². The van der Waals surface area contributed by atoms with Crippen molar-refractivity contribution < 1.29 is 0 Å². The van der Waals surface area contributed by atoms with Gasteiger partial charge in [-0.3, -0.25) is 0 Å². The molecular formula is C17H27N. The van der Waals surface area contributed by atoms with Gasteiger partial charge in [0, 0.05) is 12.6 Å². The first-order valence-corrected chi connectivity index (χ1v) is 6.91. The standard InChI is InChI=1S/C17H27N/c1-12(2)17(11-18-13(3)4)10-16-9-14(5)7-8-15(16)6/h7-10,12-13,18H,11H2,1-6H3. The van der Waals surface area contributed by atoms with E-state index in [0.717, 1.165) is 6.54 Å². The third kappa shape index (κ3) is 4.66. The Morgan fingerprint density at radius 1 is 1.17 bits per heavy atom. The van der Waals surface area contributed by atoms with Gasteiger partial charge in [0.2, 0.25) is 0 Å². The summed E-state index contributed by atoms with van der Waals surface area (Å²) in [5.41, 5.74) is 5.50. The highest BCUT2D eigenvalue weighted by atomic mass is 14.9. The lowest BCUT2D eigenvalue weighted by Crippen LogP contribution is -2.26. The minimum atomic E-state index is 0.533. The zero-order valence-corrected chi connectivity index (χ0v) is 12.7. The van der Waals surface area contributed by atoms with E-state index in [2.05, 4.69) is 71.1 Å². The number of nitrogens with one attached hydrogen (secondary N) is 1. The van der Waals surface area contributed by atoms with E-state index in [9.17, 15) is 0 Å². The van der Waals surface area contributed by atoms with E-state index in [0.29, 0.717) is 12.0 Å². The van der Waals surface area contributed by atoms with Crippen LogP contribution in [0.25, 0.3) is 6.08 Å². The predicted molar refractivity (Wildman–Crippen MR) is 81.9 cm³/mol. The van der Waals surface area contributed by atoms with Crippen molar-refractivity contribution in [1.82, 2.24) is 5.32 Å². The van der Waals surface area contributed by atoms with Gasteiger partial charge in [0.1, 0.15) is 0 Å². The van der Waals surface area contributed by atoms with E-state index in [-0.39, 0.29) is 0 Å². The van der Waals surface area contributed by atoms with E-state index in [1.54, 1.807) is 0 Å². The lowest BCUT2D eigenvalue weighted by molar-refractivity contribution is 0.593. The molecule has 0 spiro atoms. The number of aryl methyl sites for hydroxylation is 2. The Labute approximate surface area is 112 Å². The van der Waals surface area contributed by atoms with Gasteiger partial charge in [0.15, 0.2) is 0 Å². The number of rotatable bonds is 5. The molecule has 0 atom stereocenters. The molecule has 1 nitrogen and oxygen atoms in total. The maximum absolute atomic E-state index is 3.51. The fourth-order valence-corrected chi connectivity index (χ4v) is 1.86. The lowest BCUT2D eigenvalue weighted by atomic mass is 9.97. The fraction of sp³-hybridized carbons (Fsp3) is 0.529. The van der Waals surface area contributed by atoms with Crippen molar-refractivity contribution in [1.29, 1.82) is 0 Å². The highest BCUT2D eigenvalue weighted by Crippen LogP contribution is 2.18. The zero-order chi connectivity index (χ0) is 13.7. The molecular weight excluding hydrogens is 218 g/mol. The predicted octanol–water partition coefficient (Wildman–Crippen LogP) is 4.34. The third-order valence-electron chi connectivity index (χ3n) is 3.23. The van der Waals surface area contributed by atoms with Gasteiger partial charge >= 0.3 is 0 Å². The van der Waals surface area contributed by atoms with E-state index in [1.807, 2.05) is 0 Å². The Morgan fingerprint density at radius 3 is 2.39 bits per heavy atom. The number of benzene rings is 1. The van der Waals surface area contributed by atoms with Gasteiger partial charge in [-0.15, -0.1) is 0 Å². The van der Waals surface area contributed by atoms with Gasteiger partial charge < -0.3 is 5.32 Å². The molecule has 1 aromatic carbocycles. The van der Waals surface area contributed by atoms with Gasteiger partial charge in [-0.2, -0.15) is 0 Å². The average Bonchev–Trinajstić information content (AvgIpc) is 2.28. The van der Waals surface area contributed by atoms with Crippen LogP contribution in [0.4, 0.5) is 0 Å².